The number of carbonyl (C=O) groups is 1. The summed E-state index contributed by atoms with van der Waals surface area (Å²) in [6.07, 6.45) is 2.17. The van der Waals surface area contributed by atoms with Crippen molar-refractivity contribution in [3.8, 4) is 0 Å². The smallest absolute Gasteiger partial charge is 0.236 e. The molecule has 0 saturated carbocycles. The molecule has 4 aromatic rings. The standard InChI is InChI=1S/C26H21NO/c28-26(25(18-8-3-1-4-9-18)19-10-5-2-6-11-19)27-23-17-16-21-15-14-20-12-7-13-22(23)24(20)21/h1-13,16-17,25H,14-15H2,(H,27,28). The highest BCUT2D eigenvalue weighted by molar-refractivity contribution is 6.07. The number of carbonyl (C=O) groups excluding carboxylic acids is 1. The third-order valence-corrected chi connectivity index (χ3v) is 5.66. The molecule has 5 rings (SSSR count). The first kappa shape index (κ1) is 16.8. The summed E-state index contributed by atoms with van der Waals surface area (Å²) in [5.41, 5.74) is 5.65. The molecule has 0 spiro atoms. The lowest BCUT2D eigenvalue weighted by molar-refractivity contribution is -0.116. The van der Waals surface area contributed by atoms with Gasteiger partial charge in [-0.05, 0) is 46.5 Å². The fourth-order valence-electron chi connectivity index (χ4n) is 4.35. The molecule has 0 fully saturated rings. The van der Waals surface area contributed by atoms with Crippen LogP contribution in [0.3, 0.4) is 0 Å². The van der Waals surface area contributed by atoms with Crippen LogP contribution in [0.2, 0.25) is 0 Å². The summed E-state index contributed by atoms with van der Waals surface area (Å²) in [6, 6.07) is 30.6. The van der Waals surface area contributed by atoms with Gasteiger partial charge in [-0.15, -0.1) is 0 Å². The highest BCUT2D eigenvalue weighted by atomic mass is 16.1. The van der Waals surface area contributed by atoms with Crippen molar-refractivity contribution in [2.24, 2.45) is 0 Å². The molecule has 1 aliphatic rings. The number of hydrogen-bond acceptors (Lipinski definition) is 1. The highest BCUT2D eigenvalue weighted by Crippen LogP contribution is 2.36. The van der Waals surface area contributed by atoms with Crippen molar-refractivity contribution < 1.29 is 4.79 Å². The van der Waals surface area contributed by atoms with Gasteiger partial charge in [0.15, 0.2) is 0 Å². The number of nitrogens with one attached hydrogen (secondary N) is 1. The van der Waals surface area contributed by atoms with Crippen LogP contribution < -0.4 is 5.32 Å². The molecule has 0 radical (unpaired) electrons. The molecule has 1 N–H and O–H groups in total. The van der Waals surface area contributed by atoms with Gasteiger partial charge in [0.25, 0.3) is 0 Å². The zero-order valence-electron chi connectivity index (χ0n) is 15.6. The minimum atomic E-state index is -0.342. The lowest BCUT2D eigenvalue weighted by Gasteiger charge is -2.19. The van der Waals surface area contributed by atoms with Gasteiger partial charge in [-0.25, -0.2) is 0 Å². The summed E-state index contributed by atoms with van der Waals surface area (Å²) in [5.74, 6) is -0.346. The molecule has 4 aromatic carbocycles. The summed E-state index contributed by atoms with van der Waals surface area (Å²) < 4.78 is 0. The van der Waals surface area contributed by atoms with Crippen LogP contribution in [-0.2, 0) is 17.6 Å². The maximum absolute atomic E-state index is 13.4. The first-order valence-corrected chi connectivity index (χ1v) is 9.75. The van der Waals surface area contributed by atoms with E-state index in [2.05, 4.69) is 35.6 Å². The molecule has 136 valence electrons. The van der Waals surface area contributed by atoms with E-state index in [0.29, 0.717) is 0 Å². The molecular formula is C26H21NO. The van der Waals surface area contributed by atoms with Crippen molar-refractivity contribution in [1.82, 2.24) is 0 Å². The Kier molecular flexibility index (Phi) is 4.17. The second-order valence-electron chi connectivity index (χ2n) is 7.36. The first-order chi connectivity index (χ1) is 13.8. The van der Waals surface area contributed by atoms with E-state index >= 15 is 0 Å². The van der Waals surface area contributed by atoms with E-state index in [0.717, 1.165) is 35.0 Å². The molecule has 0 aromatic heterocycles. The molecule has 0 heterocycles. The van der Waals surface area contributed by atoms with E-state index in [1.165, 1.54) is 16.5 Å². The average molecular weight is 363 g/mol. The number of amides is 1. The van der Waals surface area contributed by atoms with Gasteiger partial charge in [-0.1, -0.05) is 84.9 Å². The molecular weight excluding hydrogens is 342 g/mol. The van der Waals surface area contributed by atoms with Crippen LogP contribution in [-0.4, -0.2) is 5.91 Å². The minimum Gasteiger partial charge on any atom is -0.325 e. The van der Waals surface area contributed by atoms with E-state index < -0.39 is 0 Å². The Morgan fingerprint density at radius 2 is 1.29 bits per heavy atom. The second kappa shape index (κ2) is 6.97. The number of hydrogen-bond donors (Lipinski definition) is 1. The average Bonchev–Trinajstić information content (AvgIpc) is 3.17. The van der Waals surface area contributed by atoms with Crippen LogP contribution in [0.1, 0.15) is 28.2 Å². The van der Waals surface area contributed by atoms with Crippen LogP contribution in [0.4, 0.5) is 5.69 Å². The summed E-state index contributed by atoms with van der Waals surface area (Å²) >= 11 is 0. The van der Waals surface area contributed by atoms with Crippen LogP contribution in [0, 0.1) is 0 Å². The van der Waals surface area contributed by atoms with Crippen molar-refractivity contribution in [2.45, 2.75) is 18.8 Å². The molecule has 0 aliphatic heterocycles. The summed E-state index contributed by atoms with van der Waals surface area (Å²) in [7, 11) is 0. The molecule has 2 nitrogen and oxygen atoms in total. The van der Waals surface area contributed by atoms with E-state index in [4.69, 9.17) is 0 Å². The number of aryl methyl sites for hydroxylation is 2. The van der Waals surface area contributed by atoms with Crippen molar-refractivity contribution >= 4 is 22.4 Å². The Morgan fingerprint density at radius 1 is 0.679 bits per heavy atom. The van der Waals surface area contributed by atoms with Crippen LogP contribution in [0.5, 0.6) is 0 Å². The Bertz CT molecular complexity index is 1100. The molecule has 28 heavy (non-hydrogen) atoms. The molecule has 2 heteroatoms. The van der Waals surface area contributed by atoms with E-state index in [1.54, 1.807) is 0 Å². The molecule has 0 bridgehead atoms. The van der Waals surface area contributed by atoms with Crippen molar-refractivity contribution in [3.05, 3.63) is 113 Å². The fourth-order valence-corrected chi connectivity index (χ4v) is 4.35. The Hall–Kier alpha value is -3.39. The number of benzene rings is 4. The topological polar surface area (TPSA) is 29.1 Å². The third kappa shape index (κ3) is 2.87. The van der Waals surface area contributed by atoms with Gasteiger partial charge in [0.05, 0.1) is 5.92 Å². The Labute approximate surface area is 164 Å². The van der Waals surface area contributed by atoms with Crippen molar-refractivity contribution in [3.63, 3.8) is 0 Å². The van der Waals surface area contributed by atoms with Crippen LogP contribution in [0.25, 0.3) is 10.8 Å². The number of rotatable bonds is 4. The zero-order valence-corrected chi connectivity index (χ0v) is 15.6. The first-order valence-electron chi connectivity index (χ1n) is 9.75. The molecule has 1 aliphatic carbocycles. The predicted molar refractivity (Wildman–Crippen MR) is 115 cm³/mol. The van der Waals surface area contributed by atoms with Gasteiger partial charge in [-0.3, -0.25) is 4.79 Å². The van der Waals surface area contributed by atoms with Crippen molar-refractivity contribution in [1.29, 1.82) is 0 Å². The van der Waals surface area contributed by atoms with Gasteiger partial charge in [-0.2, -0.15) is 0 Å². The summed E-state index contributed by atoms with van der Waals surface area (Å²) in [5, 5.41) is 5.68. The fraction of sp³-hybridized carbons (Fsp3) is 0.115. The van der Waals surface area contributed by atoms with Gasteiger partial charge in [0.1, 0.15) is 0 Å². The zero-order chi connectivity index (χ0) is 18.9. The van der Waals surface area contributed by atoms with Crippen molar-refractivity contribution in [2.75, 3.05) is 5.32 Å². The summed E-state index contributed by atoms with van der Waals surface area (Å²) in [6.45, 7) is 0. The van der Waals surface area contributed by atoms with E-state index in [1.807, 2.05) is 60.7 Å². The van der Waals surface area contributed by atoms with Gasteiger partial charge >= 0.3 is 0 Å². The Balaban J connectivity index is 1.56. The highest BCUT2D eigenvalue weighted by Gasteiger charge is 2.24. The molecule has 1 amide bonds. The quantitative estimate of drug-likeness (QED) is 0.494. The second-order valence-corrected chi connectivity index (χ2v) is 7.36. The molecule has 0 saturated heterocycles. The monoisotopic (exact) mass is 363 g/mol. The van der Waals surface area contributed by atoms with E-state index in [9.17, 15) is 4.79 Å². The van der Waals surface area contributed by atoms with E-state index in [-0.39, 0.29) is 11.8 Å². The maximum atomic E-state index is 13.4. The normalized spacial score (nSPS) is 12.5. The third-order valence-electron chi connectivity index (χ3n) is 5.66. The largest absolute Gasteiger partial charge is 0.325 e. The van der Waals surface area contributed by atoms with Gasteiger partial charge in [0, 0.05) is 11.1 Å². The van der Waals surface area contributed by atoms with Gasteiger partial charge in [0.2, 0.25) is 5.91 Å². The lowest BCUT2D eigenvalue weighted by atomic mass is 9.90. The SMILES string of the molecule is O=C(Nc1ccc2c3c(cccc13)CC2)C(c1ccccc1)c1ccccc1. The number of anilines is 1. The molecule has 0 unspecified atom stereocenters. The predicted octanol–water partition coefficient (Wildman–Crippen LogP) is 5.71. The van der Waals surface area contributed by atoms with Gasteiger partial charge < -0.3 is 5.32 Å². The Morgan fingerprint density at radius 3 is 1.93 bits per heavy atom. The molecule has 0 atom stereocenters. The maximum Gasteiger partial charge on any atom is 0.236 e. The summed E-state index contributed by atoms with van der Waals surface area (Å²) in [4.78, 5) is 13.4. The minimum absolute atomic E-state index is 0.00361. The lowest BCUT2D eigenvalue weighted by Crippen LogP contribution is -2.22. The van der Waals surface area contributed by atoms with Crippen LogP contribution >= 0.6 is 0 Å². The van der Waals surface area contributed by atoms with Crippen LogP contribution in [0.15, 0.2) is 91.0 Å².